The van der Waals surface area contributed by atoms with E-state index >= 15 is 0 Å². The minimum Gasteiger partial charge on any atom is -0.496 e. The van der Waals surface area contributed by atoms with Gasteiger partial charge in [-0.15, -0.1) is 0 Å². The molecule has 0 saturated carbocycles. The Balaban J connectivity index is 1.82. The number of ether oxygens (including phenoxy) is 2. The van der Waals surface area contributed by atoms with Crippen LogP contribution in [0.5, 0.6) is 11.5 Å². The first-order valence-corrected chi connectivity index (χ1v) is 9.42. The van der Waals surface area contributed by atoms with Crippen molar-refractivity contribution in [2.45, 2.75) is 32.7 Å². The summed E-state index contributed by atoms with van der Waals surface area (Å²) in [5.74, 6) is 1.88. The Morgan fingerprint density at radius 3 is 2.77 bits per heavy atom. The van der Waals surface area contributed by atoms with Crippen molar-refractivity contribution in [3.05, 3.63) is 58.8 Å². The van der Waals surface area contributed by atoms with Crippen LogP contribution in [0.4, 0.5) is 0 Å². The fourth-order valence-electron chi connectivity index (χ4n) is 3.94. The summed E-state index contributed by atoms with van der Waals surface area (Å²) < 4.78 is 11.4. The molecule has 136 valence electrons. The van der Waals surface area contributed by atoms with Gasteiger partial charge in [0, 0.05) is 28.7 Å². The summed E-state index contributed by atoms with van der Waals surface area (Å²) in [4.78, 5) is 3.64. The zero-order valence-corrected chi connectivity index (χ0v) is 15.7. The summed E-state index contributed by atoms with van der Waals surface area (Å²) in [5.41, 5.74) is 6.26. The summed E-state index contributed by atoms with van der Waals surface area (Å²) in [6, 6.07) is 13.0. The third-order valence-corrected chi connectivity index (χ3v) is 5.25. The van der Waals surface area contributed by atoms with Gasteiger partial charge in [0.05, 0.1) is 19.8 Å². The molecule has 1 aliphatic rings. The number of hydrogen-bond acceptors (Lipinski definition) is 3. The van der Waals surface area contributed by atoms with E-state index < -0.39 is 0 Å². The maximum Gasteiger partial charge on any atom is 0.124 e. The van der Waals surface area contributed by atoms with Crippen LogP contribution in [0.2, 0.25) is 0 Å². The largest absolute Gasteiger partial charge is 0.496 e. The zero-order valence-electron chi connectivity index (χ0n) is 15.7. The topological polar surface area (TPSA) is 46.3 Å². The predicted molar refractivity (Wildman–Crippen MR) is 105 cm³/mol. The van der Waals surface area contributed by atoms with Crippen LogP contribution in [-0.2, 0) is 12.8 Å². The summed E-state index contributed by atoms with van der Waals surface area (Å²) in [6.45, 7) is 5.81. The monoisotopic (exact) mass is 350 g/mol. The molecular formula is C22H26N2O2. The first kappa shape index (κ1) is 17.0. The molecule has 4 heteroatoms. The van der Waals surface area contributed by atoms with E-state index in [2.05, 4.69) is 47.6 Å². The molecule has 4 rings (SSSR count). The highest BCUT2D eigenvalue weighted by Gasteiger charge is 2.27. The number of methoxy groups -OCH3 is 1. The Morgan fingerprint density at radius 2 is 2.00 bits per heavy atom. The summed E-state index contributed by atoms with van der Waals surface area (Å²) >= 11 is 0. The van der Waals surface area contributed by atoms with Crippen LogP contribution in [0.1, 0.15) is 42.3 Å². The van der Waals surface area contributed by atoms with Crippen molar-refractivity contribution in [2.24, 2.45) is 0 Å². The molecule has 1 aromatic heterocycles. The second-order valence-corrected chi connectivity index (χ2v) is 6.72. The van der Waals surface area contributed by atoms with Crippen molar-refractivity contribution < 1.29 is 9.47 Å². The highest BCUT2D eigenvalue weighted by molar-refractivity contribution is 5.86. The quantitative estimate of drug-likeness (QED) is 0.718. The van der Waals surface area contributed by atoms with E-state index in [0.29, 0.717) is 6.61 Å². The second-order valence-electron chi connectivity index (χ2n) is 6.72. The molecule has 0 radical (unpaired) electrons. The van der Waals surface area contributed by atoms with Crippen molar-refractivity contribution in [1.82, 2.24) is 10.3 Å². The van der Waals surface area contributed by atoms with Gasteiger partial charge in [-0.05, 0) is 55.2 Å². The van der Waals surface area contributed by atoms with Crippen molar-refractivity contribution in [3.8, 4) is 11.5 Å². The number of nitrogens with one attached hydrogen (secondary N) is 2. The molecule has 0 saturated heterocycles. The van der Waals surface area contributed by atoms with Crippen LogP contribution < -0.4 is 14.8 Å². The van der Waals surface area contributed by atoms with Crippen molar-refractivity contribution in [2.75, 3.05) is 20.3 Å². The smallest absolute Gasteiger partial charge is 0.124 e. The fourth-order valence-corrected chi connectivity index (χ4v) is 3.94. The van der Waals surface area contributed by atoms with Crippen LogP contribution in [0.15, 0.2) is 36.4 Å². The first-order chi connectivity index (χ1) is 12.7. The van der Waals surface area contributed by atoms with Gasteiger partial charge in [0.25, 0.3) is 0 Å². The van der Waals surface area contributed by atoms with Gasteiger partial charge in [-0.2, -0.15) is 0 Å². The number of aryl methyl sites for hydroxylation is 1. The SMILES string of the molecule is CCOc1ccc2[nH]c3c(c2c1)CCNC3c1ccc(CC)cc1OC. The van der Waals surface area contributed by atoms with Crippen LogP contribution >= 0.6 is 0 Å². The average molecular weight is 350 g/mol. The third kappa shape index (κ3) is 2.84. The number of aromatic nitrogens is 1. The third-order valence-electron chi connectivity index (χ3n) is 5.25. The summed E-state index contributed by atoms with van der Waals surface area (Å²) in [6.07, 6.45) is 2.02. The molecule has 1 atom stereocenters. The Hall–Kier alpha value is -2.46. The van der Waals surface area contributed by atoms with E-state index in [4.69, 9.17) is 9.47 Å². The maximum atomic E-state index is 5.71. The molecule has 1 aliphatic heterocycles. The number of benzene rings is 2. The molecule has 2 aromatic carbocycles. The Kier molecular flexibility index (Phi) is 4.60. The Morgan fingerprint density at radius 1 is 1.12 bits per heavy atom. The number of H-pyrrole nitrogens is 1. The first-order valence-electron chi connectivity index (χ1n) is 9.42. The minimum atomic E-state index is 0.113. The molecule has 0 aliphatic carbocycles. The molecule has 0 amide bonds. The molecule has 3 aromatic rings. The molecule has 0 bridgehead atoms. The molecule has 2 heterocycles. The highest BCUT2D eigenvalue weighted by atomic mass is 16.5. The summed E-state index contributed by atoms with van der Waals surface area (Å²) in [5, 5.41) is 4.93. The number of rotatable bonds is 5. The van der Waals surface area contributed by atoms with Gasteiger partial charge >= 0.3 is 0 Å². The number of fused-ring (bicyclic) bond motifs is 3. The van der Waals surface area contributed by atoms with E-state index in [-0.39, 0.29) is 6.04 Å². The van der Waals surface area contributed by atoms with Gasteiger partial charge in [-0.25, -0.2) is 0 Å². The van der Waals surface area contributed by atoms with Crippen LogP contribution in [0, 0.1) is 0 Å². The lowest BCUT2D eigenvalue weighted by Crippen LogP contribution is -2.30. The van der Waals surface area contributed by atoms with E-state index in [1.807, 2.05) is 13.0 Å². The molecule has 26 heavy (non-hydrogen) atoms. The lowest BCUT2D eigenvalue weighted by molar-refractivity contribution is 0.340. The van der Waals surface area contributed by atoms with Crippen molar-refractivity contribution in [1.29, 1.82) is 0 Å². The molecule has 4 nitrogen and oxygen atoms in total. The normalized spacial score (nSPS) is 16.5. The van der Waals surface area contributed by atoms with E-state index in [0.717, 1.165) is 36.4 Å². The van der Waals surface area contributed by atoms with Gasteiger partial charge in [-0.1, -0.05) is 19.1 Å². The number of aromatic amines is 1. The van der Waals surface area contributed by atoms with E-state index in [1.54, 1.807) is 7.11 Å². The van der Waals surface area contributed by atoms with Gasteiger partial charge in [0.1, 0.15) is 11.5 Å². The Labute approximate surface area is 154 Å². The van der Waals surface area contributed by atoms with E-state index in [9.17, 15) is 0 Å². The van der Waals surface area contributed by atoms with Gasteiger partial charge in [0.15, 0.2) is 0 Å². The summed E-state index contributed by atoms with van der Waals surface area (Å²) in [7, 11) is 1.75. The minimum absolute atomic E-state index is 0.113. The molecule has 0 fully saturated rings. The maximum absolute atomic E-state index is 5.71. The lowest BCUT2D eigenvalue weighted by atomic mass is 9.93. The lowest BCUT2D eigenvalue weighted by Gasteiger charge is -2.26. The van der Waals surface area contributed by atoms with Crippen molar-refractivity contribution >= 4 is 10.9 Å². The van der Waals surface area contributed by atoms with Gasteiger partial charge < -0.3 is 19.8 Å². The molecule has 2 N–H and O–H groups in total. The van der Waals surface area contributed by atoms with Crippen LogP contribution in [0.25, 0.3) is 10.9 Å². The fraction of sp³-hybridized carbons (Fsp3) is 0.364. The highest BCUT2D eigenvalue weighted by Crippen LogP contribution is 2.38. The molecular weight excluding hydrogens is 324 g/mol. The average Bonchev–Trinajstić information content (AvgIpc) is 3.06. The zero-order chi connectivity index (χ0) is 18.1. The Bertz CT molecular complexity index is 929. The molecule has 0 spiro atoms. The van der Waals surface area contributed by atoms with Crippen LogP contribution in [-0.4, -0.2) is 25.2 Å². The standard InChI is InChI=1S/C22H26N2O2/c1-4-14-6-8-17(20(12-14)25-3)21-22-16(10-11-23-21)18-13-15(26-5-2)7-9-19(18)24-22/h6-9,12-13,21,23-24H,4-5,10-11H2,1-3H3. The van der Waals surface area contributed by atoms with Crippen LogP contribution in [0.3, 0.4) is 0 Å². The second kappa shape index (κ2) is 7.04. The number of hydrogen-bond donors (Lipinski definition) is 2. The van der Waals surface area contributed by atoms with E-state index in [1.165, 1.54) is 27.8 Å². The van der Waals surface area contributed by atoms with Gasteiger partial charge in [0.2, 0.25) is 0 Å². The van der Waals surface area contributed by atoms with Gasteiger partial charge in [-0.3, -0.25) is 0 Å². The van der Waals surface area contributed by atoms with Crippen molar-refractivity contribution in [3.63, 3.8) is 0 Å². The predicted octanol–water partition coefficient (Wildman–Crippen LogP) is 4.37. The molecule has 1 unspecified atom stereocenters.